The molecule has 0 atom stereocenters. The Hall–Kier alpha value is -0.870. The average Bonchev–Trinajstić information content (AvgIpc) is 2.68. The fourth-order valence-corrected chi connectivity index (χ4v) is 3.26. The second-order valence-electron chi connectivity index (χ2n) is 3.97. The minimum Gasteiger partial charge on any atom is -0.365 e. The highest BCUT2D eigenvalue weighted by molar-refractivity contribution is 9.10. The van der Waals surface area contributed by atoms with Crippen LogP contribution in [0.5, 0.6) is 0 Å². The molecular formula is C13H15BrN2S. The van der Waals surface area contributed by atoms with Crippen LogP contribution in [0.15, 0.2) is 28.9 Å². The summed E-state index contributed by atoms with van der Waals surface area (Å²) in [5.41, 5.74) is 2.71. The molecule has 2 nitrogen and oxygen atoms in total. The summed E-state index contributed by atoms with van der Waals surface area (Å²) in [6.45, 7) is 2.13. The molecule has 1 N–H and O–H groups in total. The number of halogens is 1. The maximum absolute atomic E-state index is 4.38. The standard InChI is InChI=1S/C13H15BrN2S/c1-9-4-3-5-10(8-9)6-7-11-12(14)16-13(15-2)17-11/h3-5,8H,6-7H2,1-2H3,(H,15,16). The smallest absolute Gasteiger partial charge is 0.183 e. The molecular weight excluding hydrogens is 296 g/mol. The molecule has 0 bridgehead atoms. The molecule has 0 spiro atoms. The van der Waals surface area contributed by atoms with Crippen molar-refractivity contribution in [2.24, 2.45) is 0 Å². The lowest BCUT2D eigenvalue weighted by atomic mass is 10.1. The first-order chi connectivity index (χ1) is 8.19. The van der Waals surface area contributed by atoms with Gasteiger partial charge in [0, 0.05) is 11.9 Å². The van der Waals surface area contributed by atoms with Crippen LogP contribution in [0, 0.1) is 6.92 Å². The van der Waals surface area contributed by atoms with Gasteiger partial charge in [-0.1, -0.05) is 29.8 Å². The van der Waals surface area contributed by atoms with Crippen LogP contribution in [0.25, 0.3) is 0 Å². The monoisotopic (exact) mass is 310 g/mol. The van der Waals surface area contributed by atoms with Gasteiger partial charge in [0.2, 0.25) is 0 Å². The lowest BCUT2D eigenvalue weighted by Crippen LogP contribution is -1.90. The number of hydrogen-bond donors (Lipinski definition) is 1. The van der Waals surface area contributed by atoms with Gasteiger partial charge in [-0.05, 0) is 41.3 Å². The van der Waals surface area contributed by atoms with Gasteiger partial charge in [-0.25, -0.2) is 4.98 Å². The number of nitrogens with zero attached hydrogens (tertiary/aromatic N) is 1. The molecule has 17 heavy (non-hydrogen) atoms. The molecule has 1 heterocycles. The second-order valence-corrected chi connectivity index (χ2v) is 5.81. The van der Waals surface area contributed by atoms with E-state index in [1.807, 2.05) is 7.05 Å². The van der Waals surface area contributed by atoms with Gasteiger partial charge in [-0.15, -0.1) is 11.3 Å². The number of benzene rings is 1. The predicted octanol–water partition coefficient (Wildman–Crippen LogP) is 4.04. The van der Waals surface area contributed by atoms with E-state index in [4.69, 9.17) is 0 Å². The van der Waals surface area contributed by atoms with Gasteiger partial charge in [0.15, 0.2) is 5.13 Å². The lowest BCUT2D eigenvalue weighted by Gasteiger charge is -2.01. The van der Waals surface area contributed by atoms with E-state index in [1.54, 1.807) is 11.3 Å². The molecule has 0 saturated heterocycles. The first kappa shape index (κ1) is 12.6. The van der Waals surface area contributed by atoms with E-state index in [0.29, 0.717) is 0 Å². The third-order valence-corrected chi connectivity index (χ3v) is 4.64. The van der Waals surface area contributed by atoms with E-state index in [1.165, 1.54) is 16.0 Å². The molecule has 0 unspecified atom stereocenters. The zero-order valence-corrected chi connectivity index (χ0v) is 12.4. The number of rotatable bonds is 4. The van der Waals surface area contributed by atoms with Crippen molar-refractivity contribution in [2.45, 2.75) is 19.8 Å². The zero-order valence-electron chi connectivity index (χ0n) is 9.96. The van der Waals surface area contributed by atoms with Crippen LogP contribution in [-0.2, 0) is 12.8 Å². The summed E-state index contributed by atoms with van der Waals surface area (Å²) in [4.78, 5) is 5.68. The van der Waals surface area contributed by atoms with Gasteiger partial charge in [-0.3, -0.25) is 0 Å². The van der Waals surface area contributed by atoms with Crippen LogP contribution in [-0.4, -0.2) is 12.0 Å². The molecule has 0 radical (unpaired) electrons. The number of nitrogens with one attached hydrogen (secondary N) is 1. The highest BCUT2D eigenvalue weighted by Gasteiger charge is 2.07. The van der Waals surface area contributed by atoms with E-state index < -0.39 is 0 Å². The summed E-state index contributed by atoms with van der Waals surface area (Å²) in [5.74, 6) is 0. The highest BCUT2D eigenvalue weighted by atomic mass is 79.9. The maximum atomic E-state index is 4.38. The van der Waals surface area contributed by atoms with Crippen LogP contribution in [0.1, 0.15) is 16.0 Å². The van der Waals surface area contributed by atoms with Crippen molar-refractivity contribution in [3.8, 4) is 0 Å². The van der Waals surface area contributed by atoms with Gasteiger partial charge in [-0.2, -0.15) is 0 Å². The summed E-state index contributed by atoms with van der Waals surface area (Å²) < 4.78 is 0.972. The van der Waals surface area contributed by atoms with Crippen molar-refractivity contribution in [3.63, 3.8) is 0 Å². The molecule has 0 aliphatic carbocycles. The summed E-state index contributed by atoms with van der Waals surface area (Å²) >= 11 is 5.22. The van der Waals surface area contributed by atoms with E-state index in [0.717, 1.165) is 22.6 Å². The summed E-state index contributed by atoms with van der Waals surface area (Å²) in [7, 11) is 1.90. The summed E-state index contributed by atoms with van der Waals surface area (Å²) in [6.07, 6.45) is 2.09. The van der Waals surface area contributed by atoms with Crippen molar-refractivity contribution in [1.29, 1.82) is 0 Å². The van der Waals surface area contributed by atoms with Crippen LogP contribution in [0.3, 0.4) is 0 Å². The number of anilines is 1. The number of aromatic nitrogens is 1. The fourth-order valence-electron chi connectivity index (χ4n) is 1.72. The molecule has 2 rings (SSSR count). The van der Waals surface area contributed by atoms with Crippen LogP contribution < -0.4 is 5.32 Å². The van der Waals surface area contributed by atoms with Gasteiger partial charge in [0.05, 0.1) is 0 Å². The molecule has 0 aliphatic rings. The average molecular weight is 311 g/mol. The maximum Gasteiger partial charge on any atom is 0.183 e. The Morgan fingerprint density at radius 3 is 2.82 bits per heavy atom. The van der Waals surface area contributed by atoms with E-state index in [-0.39, 0.29) is 0 Å². The molecule has 2 aromatic rings. The quantitative estimate of drug-likeness (QED) is 0.922. The molecule has 1 aromatic carbocycles. The van der Waals surface area contributed by atoms with Gasteiger partial charge in [0.25, 0.3) is 0 Å². The Morgan fingerprint density at radius 1 is 1.35 bits per heavy atom. The van der Waals surface area contributed by atoms with E-state index in [9.17, 15) is 0 Å². The Morgan fingerprint density at radius 2 is 2.18 bits per heavy atom. The number of aryl methyl sites for hydroxylation is 3. The van der Waals surface area contributed by atoms with E-state index >= 15 is 0 Å². The van der Waals surface area contributed by atoms with Gasteiger partial charge < -0.3 is 5.32 Å². The van der Waals surface area contributed by atoms with Gasteiger partial charge in [0.1, 0.15) is 4.60 Å². The van der Waals surface area contributed by atoms with Crippen molar-refractivity contribution < 1.29 is 0 Å². The molecule has 0 aliphatic heterocycles. The molecule has 90 valence electrons. The Balaban J connectivity index is 2.04. The number of hydrogen-bond acceptors (Lipinski definition) is 3. The van der Waals surface area contributed by atoms with Gasteiger partial charge >= 0.3 is 0 Å². The summed E-state index contributed by atoms with van der Waals surface area (Å²) in [6, 6.07) is 8.67. The Bertz CT molecular complexity index is 508. The first-order valence-corrected chi connectivity index (χ1v) is 7.18. The molecule has 0 fully saturated rings. The van der Waals surface area contributed by atoms with Crippen LogP contribution in [0.2, 0.25) is 0 Å². The largest absolute Gasteiger partial charge is 0.365 e. The van der Waals surface area contributed by atoms with Crippen LogP contribution in [0.4, 0.5) is 5.13 Å². The molecule has 0 amide bonds. The van der Waals surface area contributed by atoms with E-state index in [2.05, 4.69) is 57.4 Å². The summed E-state index contributed by atoms with van der Waals surface area (Å²) in [5, 5.41) is 4.04. The Kier molecular flexibility index (Phi) is 4.18. The molecule has 1 aromatic heterocycles. The molecule has 0 saturated carbocycles. The zero-order chi connectivity index (χ0) is 12.3. The minimum absolute atomic E-state index is 0.969. The fraction of sp³-hybridized carbons (Fsp3) is 0.308. The normalized spacial score (nSPS) is 10.5. The highest BCUT2D eigenvalue weighted by Crippen LogP contribution is 2.28. The predicted molar refractivity (Wildman–Crippen MR) is 77.9 cm³/mol. The lowest BCUT2D eigenvalue weighted by molar-refractivity contribution is 0.967. The van der Waals surface area contributed by atoms with Crippen molar-refractivity contribution >= 4 is 32.4 Å². The minimum atomic E-state index is 0.969. The van der Waals surface area contributed by atoms with Crippen LogP contribution >= 0.6 is 27.3 Å². The first-order valence-electron chi connectivity index (χ1n) is 5.57. The third-order valence-electron chi connectivity index (χ3n) is 2.59. The second kappa shape index (κ2) is 5.65. The SMILES string of the molecule is CNc1nc(Br)c(CCc2cccc(C)c2)s1. The van der Waals surface area contributed by atoms with Crippen molar-refractivity contribution in [3.05, 3.63) is 44.9 Å². The molecule has 4 heteroatoms. The van der Waals surface area contributed by atoms with Crippen molar-refractivity contribution in [1.82, 2.24) is 4.98 Å². The third kappa shape index (κ3) is 3.30. The number of thiazole rings is 1. The Labute approximate surface area is 114 Å². The van der Waals surface area contributed by atoms with Crippen molar-refractivity contribution in [2.75, 3.05) is 12.4 Å². The topological polar surface area (TPSA) is 24.9 Å².